The van der Waals surface area contributed by atoms with Gasteiger partial charge in [0, 0.05) is 0 Å². The van der Waals surface area contributed by atoms with Gasteiger partial charge in [0.05, 0.1) is 24.0 Å². The fourth-order valence-corrected chi connectivity index (χ4v) is 4.57. The molecule has 0 N–H and O–H groups in total. The summed E-state index contributed by atoms with van der Waals surface area (Å²) in [5, 5.41) is 11.8. The number of rotatable bonds is 9. The third-order valence-electron chi connectivity index (χ3n) is 4.25. The summed E-state index contributed by atoms with van der Waals surface area (Å²) in [4.78, 5) is 5.22. The van der Waals surface area contributed by atoms with Gasteiger partial charge in [0.1, 0.15) is 6.61 Å². The van der Waals surface area contributed by atoms with Crippen LogP contribution in [0, 0.1) is 17.2 Å². The average Bonchev–Trinajstić information content (AvgIpc) is 2.54. The fourth-order valence-electron chi connectivity index (χ4n) is 2.78. The molecule has 0 amide bonds. The standard InChI is InChI=1S/C16H25F3N2O3S/c1-2-3-4-10-24-21-14-7-5-13(6-8-14)15(12-20)25(22,23)11-9-16(17,18)19/h13,15H,2-11H2,1H3. The van der Waals surface area contributed by atoms with E-state index in [1.54, 1.807) is 6.07 Å². The van der Waals surface area contributed by atoms with E-state index in [0.29, 0.717) is 32.3 Å². The molecule has 1 aliphatic carbocycles. The highest BCUT2D eigenvalue weighted by Crippen LogP contribution is 2.30. The molecule has 9 heteroatoms. The first-order valence-corrected chi connectivity index (χ1v) is 10.3. The first kappa shape index (κ1) is 21.7. The number of unbranched alkanes of at least 4 members (excludes halogenated alkanes) is 2. The minimum atomic E-state index is -4.55. The first-order valence-electron chi connectivity index (χ1n) is 8.55. The Morgan fingerprint density at radius 1 is 1.32 bits per heavy atom. The fraction of sp³-hybridized carbons (Fsp3) is 0.875. The van der Waals surface area contributed by atoms with Crippen molar-refractivity contribution in [2.24, 2.45) is 11.1 Å². The lowest BCUT2D eigenvalue weighted by Gasteiger charge is -2.26. The Kier molecular flexibility index (Phi) is 8.69. The molecule has 1 saturated carbocycles. The molecule has 1 fully saturated rings. The van der Waals surface area contributed by atoms with E-state index in [4.69, 9.17) is 10.1 Å². The molecule has 0 aromatic heterocycles. The van der Waals surface area contributed by atoms with Gasteiger partial charge in [0.2, 0.25) is 0 Å². The third kappa shape index (κ3) is 8.08. The number of hydrogen-bond acceptors (Lipinski definition) is 5. The summed E-state index contributed by atoms with van der Waals surface area (Å²) < 4.78 is 61.0. The minimum absolute atomic E-state index is 0.417. The molecule has 0 saturated heterocycles. The van der Waals surface area contributed by atoms with E-state index in [2.05, 4.69) is 12.1 Å². The molecule has 0 bridgehead atoms. The maximum atomic E-state index is 12.3. The normalized spacial score (nSPS) is 20.0. The summed E-state index contributed by atoms with van der Waals surface area (Å²) in [6.45, 7) is 2.62. The van der Waals surface area contributed by atoms with E-state index >= 15 is 0 Å². The number of nitriles is 1. The molecule has 1 aliphatic rings. The lowest BCUT2D eigenvalue weighted by Crippen LogP contribution is -2.34. The molecular weight excluding hydrogens is 357 g/mol. The van der Waals surface area contributed by atoms with Crippen molar-refractivity contribution in [2.45, 2.75) is 69.7 Å². The molecule has 25 heavy (non-hydrogen) atoms. The molecule has 5 nitrogen and oxygen atoms in total. The molecule has 1 atom stereocenters. The van der Waals surface area contributed by atoms with Crippen LogP contribution in [0.5, 0.6) is 0 Å². The van der Waals surface area contributed by atoms with E-state index in [9.17, 15) is 21.6 Å². The quantitative estimate of drug-likeness (QED) is 0.446. The van der Waals surface area contributed by atoms with Crippen molar-refractivity contribution in [3.8, 4) is 6.07 Å². The van der Waals surface area contributed by atoms with Crippen LogP contribution in [-0.2, 0) is 14.7 Å². The Labute approximate surface area is 147 Å². The van der Waals surface area contributed by atoms with Crippen LogP contribution in [0.3, 0.4) is 0 Å². The van der Waals surface area contributed by atoms with E-state index in [1.807, 2.05) is 0 Å². The zero-order valence-corrected chi connectivity index (χ0v) is 15.2. The Morgan fingerprint density at radius 2 is 1.96 bits per heavy atom. The number of halogens is 3. The van der Waals surface area contributed by atoms with Crippen LogP contribution in [0.1, 0.15) is 58.3 Å². The monoisotopic (exact) mass is 382 g/mol. The maximum absolute atomic E-state index is 12.3. The Bertz CT molecular complexity index is 572. The van der Waals surface area contributed by atoms with Crippen molar-refractivity contribution in [1.29, 1.82) is 5.26 Å². The Balaban J connectivity index is 2.53. The number of oxime groups is 1. The van der Waals surface area contributed by atoms with Crippen LogP contribution < -0.4 is 0 Å². The molecule has 0 aromatic carbocycles. The summed E-state index contributed by atoms with van der Waals surface area (Å²) in [6.07, 6.45) is -1.05. The number of hydrogen-bond donors (Lipinski definition) is 0. The molecule has 0 aromatic rings. The zero-order chi connectivity index (χ0) is 18.9. The largest absolute Gasteiger partial charge is 0.396 e. The van der Waals surface area contributed by atoms with Gasteiger partial charge < -0.3 is 4.84 Å². The van der Waals surface area contributed by atoms with Crippen molar-refractivity contribution in [3.63, 3.8) is 0 Å². The predicted octanol–water partition coefficient (Wildman–Crippen LogP) is 4.00. The van der Waals surface area contributed by atoms with Crippen molar-refractivity contribution in [3.05, 3.63) is 0 Å². The van der Waals surface area contributed by atoms with Crippen LogP contribution in [0.2, 0.25) is 0 Å². The van der Waals surface area contributed by atoms with Crippen LogP contribution in [0.4, 0.5) is 13.2 Å². The second-order valence-electron chi connectivity index (χ2n) is 6.32. The average molecular weight is 382 g/mol. The molecule has 0 spiro atoms. The summed E-state index contributed by atoms with van der Waals surface area (Å²) in [7, 11) is -4.10. The lowest BCUT2D eigenvalue weighted by molar-refractivity contribution is -0.129. The van der Waals surface area contributed by atoms with Gasteiger partial charge >= 0.3 is 6.18 Å². The van der Waals surface area contributed by atoms with Crippen LogP contribution in [0.25, 0.3) is 0 Å². The van der Waals surface area contributed by atoms with E-state index < -0.39 is 39.4 Å². The topological polar surface area (TPSA) is 79.5 Å². The highest BCUT2D eigenvalue weighted by Gasteiger charge is 2.38. The van der Waals surface area contributed by atoms with Gasteiger partial charge in [0.25, 0.3) is 0 Å². The number of alkyl halides is 3. The van der Waals surface area contributed by atoms with Crippen molar-refractivity contribution < 1.29 is 26.4 Å². The van der Waals surface area contributed by atoms with E-state index in [1.165, 1.54) is 0 Å². The maximum Gasteiger partial charge on any atom is 0.390 e. The zero-order valence-electron chi connectivity index (χ0n) is 14.4. The molecule has 0 radical (unpaired) electrons. The van der Waals surface area contributed by atoms with Gasteiger partial charge in [-0.3, -0.25) is 0 Å². The van der Waals surface area contributed by atoms with Gasteiger partial charge in [-0.15, -0.1) is 0 Å². The van der Waals surface area contributed by atoms with Gasteiger partial charge in [-0.2, -0.15) is 18.4 Å². The minimum Gasteiger partial charge on any atom is -0.396 e. The second kappa shape index (κ2) is 10.00. The second-order valence-corrected chi connectivity index (χ2v) is 8.56. The summed E-state index contributed by atoms with van der Waals surface area (Å²) >= 11 is 0. The van der Waals surface area contributed by atoms with Crippen LogP contribution >= 0.6 is 0 Å². The first-order chi connectivity index (χ1) is 11.7. The smallest absolute Gasteiger partial charge is 0.390 e. The summed E-state index contributed by atoms with van der Waals surface area (Å²) in [5.74, 6) is -1.49. The molecule has 1 unspecified atom stereocenters. The van der Waals surface area contributed by atoms with E-state index in [-0.39, 0.29) is 0 Å². The molecule has 1 rings (SSSR count). The Hall–Kier alpha value is -1.30. The molecule has 0 aliphatic heterocycles. The van der Waals surface area contributed by atoms with Gasteiger partial charge in [0.15, 0.2) is 15.1 Å². The van der Waals surface area contributed by atoms with Gasteiger partial charge in [-0.1, -0.05) is 24.9 Å². The van der Waals surface area contributed by atoms with Crippen LogP contribution in [-0.4, -0.2) is 37.9 Å². The number of nitrogens with zero attached hydrogens (tertiary/aromatic N) is 2. The van der Waals surface area contributed by atoms with E-state index in [0.717, 1.165) is 25.0 Å². The SMILES string of the molecule is CCCCCON=C1CCC(C(C#N)S(=O)(=O)CCC(F)(F)F)CC1. The Morgan fingerprint density at radius 3 is 2.48 bits per heavy atom. The van der Waals surface area contributed by atoms with Gasteiger partial charge in [-0.05, 0) is 38.0 Å². The van der Waals surface area contributed by atoms with Crippen LogP contribution in [0.15, 0.2) is 5.16 Å². The summed E-state index contributed by atoms with van der Waals surface area (Å²) in [5.41, 5.74) is 0.817. The molecule has 144 valence electrons. The lowest BCUT2D eigenvalue weighted by atomic mass is 9.86. The molecular formula is C16H25F3N2O3S. The number of sulfone groups is 1. The molecule has 0 heterocycles. The summed E-state index contributed by atoms with van der Waals surface area (Å²) in [6, 6.07) is 1.70. The van der Waals surface area contributed by atoms with Crippen molar-refractivity contribution in [2.75, 3.05) is 12.4 Å². The van der Waals surface area contributed by atoms with Crippen molar-refractivity contribution >= 4 is 15.5 Å². The highest BCUT2D eigenvalue weighted by atomic mass is 32.2. The highest BCUT2D eigenvalue weighted by molar-refractivity contribution is 7.92. The third-order valence-corrected chi connectivity index (χ3v) is 6.29. The van der Waals surface area contributed by atoms with Crippen molar-refractivity contribution in [1.82, 2.24) is 0 Å². The predicted molar refractivity (Wildman–Crippen MR) is 88.7 cm³/mol. The van der Waals surface area contributed by atoms with Gasteiger partial charge in [-0.25, -0.2) is 8.42 Å².